The second-order valence-electron chi connectivity index (χ2n) is 6.18. The molecule has 1 aliphatic rings. The Hall–Kier alpha value is -2.35. The molecule has 26 heavy (non-hydrogen) atoms. The van der Waals surface area contributed by atoms with E-state index in [2.05, 4.69) is 20.1 Å². The molecule has 1 heterocycles. The van der Waals surface area contributed by atoms with Crippen molar-refractivity contribution in [3.8, 4) is 0 Å². The van der Waals surface area contributed by atoms with E-state index in [9.17, 15) is 9.59 Å². The van der Waals surface area contributed by atoms with Crippen molar-refractivity contribution in [1.82, 2.24) is 14.8 Å². The molecule has 1 fully saturated rings. The third-order valence-electron chi connectivity index (χ3n) is 3.92. The van der Waals surface area contributed by atoms with E-state index in [0.717, 1.165) is 30.2 Å². The summed E-state index contributed by atoms with van der Waals surface area (Å²) < 4.78 is 7.18. The summed E-state index contributed by atoms with van der Waals surface area (Å²) in [6, 6.07) is 7.17. The minimum Gasteiger partial charge on any atom is -0.462 e. The van der Waals surface area contributed by atoms with Gasteiger partial charge in [0.25, 0.3) is 0 Å². The summed E-state index contributed by atoms with van der Waals surface area (Å²) in [7, 11) is 0. The zero-order valence-electron chi connectivity index (χ0n) is 14.9. The van der Waals surface area contributed by atoms with Gasteiger partial charge in [-0.15, -0.1) is 10.2 Å². The van der Waals surface area contributed by atoms with Crippen LogP contribution in [0.5, 0.6) is 0 Å². The summed E-state index contributed by atoms with van der Waals surface area (Å²) in [5, 5.41) is 11.9. The van der Waals surface area contributed by atoms with Gasteiger partial charge in [-0.2, -0.15) is 0 Å². The molecule has 0 aliphatic heterocycles. The van der Waals surface area contributed by atoms with Crippen molar-refractivity contribution in [2.24, 2.45) is 0 Å². The lowest BCUT2D eigenvalue weighted by Gasteiger charge is -2.08. The maximum absolute atomic E-state index is 12.2. The molecule has 138 valence electrons. The molecular weight excluding hydrogens is 352 g/mol. The van der Waals surface area contributed by atoms with Gasteiger partial charge in [0.05, 0.1) is 17.9 Å². The van der Waals surface area contributed by atoms with Crippen LogP contribution in [0.3, 0.4) is 0 Å². The minimum atomic E-state index is -0.352. The molecule has 0 spiro atoms. The van der Waals surface area contributed by atoms with Crippen LogP contribution in [0.15, 0.2) is 29.4 Å². The number of esters is 1. The zero-order valence-corrected chi connectivity index (χ0v) is 15.7. The average Bonchev–Trinajstić information content (AvgIpc) is 3.41. The van der Waals surface area contributed by atoms with Crippen LogP contribution in [-0.2, 0) is 9.53 Å². The fraction of sp³-hybridized carbons (Fsp3) is 0.444. The van der Waals surface area contributed by atoms with Crippen molar-refractivity contribution in [2.45, 2.75) is 44.3 Å². The summed E-state index contributed by atoms with van der Waals surface area (Å²) in [5.74, 6) is 0.667. The van der Waals surface area contributed by atoms with Gasteiger partial charge in [-0.25, -0.2) is 4.79 Å². The average molecular weight is 374 g/mol. The SMILES string of the molecule is CCCOC(=O)c1ccc(NC(=O)CSc2nnc(C)n2C2CC2)cc1. The van der Waals surface area contributed by atoms with Crippen molar-refractivity contribution >= 4 is 29.3 Å². The van der Waals surface area contributed by atoms with Gasteiger partial charge in [0, 0.05) is 11.7 Å². The highest BCUT2D eigenvalue weighted by Crippen LogP contribution is 2.38. The first-order valence-corrected chi connectivity index (χ1v) is 9.68. The molecule has 1 amide bonds. The molecule has 7 nitrogen and oxygen atoms in total. The van der Waals surface area contributed by atoms with Crippen LogP contribution >= 0.6 is 11.8 Å². The highest BCUT2D eigenvalue weighted by molar-refractivity contribution is 7.99. The number of benzene rings is 1. The second-order valence-corrected chi connectivity index (χ2v) is 7.12. The lowest BCUT2D eigenvalue weighted by Crippen LogP contribution is -2.15. The third kappa shape index (κ3) is 4.63. The second kappa shape index (κ2) is 8.35. The minimum absolute atomic E-state index is 0.126. The molecule has 0 atom stereocenters. The number of rotatable bonds is 8. The number of carbonyl (C=O) groups excluding carboxylic acids is 2. The van der Waals surface area contributed by atoms with Crippen molar-refractivity contribution in [3.05, 3.63) is 35.7 Å². The zero-order chi connectivity index (χ0) is 18.5. The Kier molecular flexibility index (Phi) is 5.92. The monoisotopic (exact) mass is 374 g/mol. The normalized spacial score (nSPS) is 13.5. The summed E-state index contributed by atoms with van der Waals surface area (Å²) in [6.45, 7) is 4.28. The van der Waals surface area contributed by atoms with E-state index in [-0.39, 0.29) is 17.6 Å². The third-order valence-corrected chi connectivity index (χ3v) is 4.86. The molecule has 0 bridgehead atoms. The summed E-state index contributed by atoms with van der Waals surface area (Å²) in [6.07, 6.45) is 3.07. The number of aromatic nitrogens is 3. The van der Waals surface area contributed by atoms with Gasteiger partial charge in [0.15, 0.2) is 5.16 Å². The number of thioether (sulfide) groups is 1. The molecule has 8 heteroatoms. The van der Waals surface area contributed by atoms with Gasteiger partial charge in [-0.3, -0.25) is 4.79 Å². The molecule has 1 N–H and O–H groups in total. The standard InChI is InChI=1S/C18H22N4O3S/c1-3-10-25-17(24)13-4-6-14(7-5-13)19-16(23)11-26-18-21-20-12(2)22(18)15-8-9-15/h4-7,15H,3,8-11H2,1-2H3,(H,19,23). The van der Waals surface area contributed by atoms with Gasteiger partial charge in [-0.1, -0.05) is 18.7 Å². The molecule has 1 aliphatic carbocycles. The van der Waals surface area contributed by atoms with Crippen molar-refractivity contribution < 1.29 is 14.3 Å². The smallest absolute Gasteiger partial charge is 0.338 e. The Morgan fingerprint density at radius 2 is 2.00 bits per heavy atom. The van der Waals surface area contributed by atoms with Gasteiger partial charge in [-0.05, 0) is 50.5 Å². The Labute approximate surface area is 156 Å². The number of amides is 1. The Morgan fingerprint density at radius 1 is 1.27 bits per heavy atom. The highest BCUT2D eigenvalue weighted by atomic mass is 32.2. The lowest BCUT2D eigenvalue weighted by atomic mass is 10.2. The van der Waals surface area contributed by atoms with Crippen LogP contribution in [0.1, 0.15) is 48.4 Å². The Balaban J connectivity index is 1.51. The maximum atomic E-state index is 12.2. The van der Waals surface area contributed by atoms with E-state index < -0.39 is 0 Å². The summed E-state index contributed by atoms with van der Waals surface area (Å²) in [4.78, 5) is 23.9. The van der Waals surface area contributed by atoms with Crippen LogP contribution < -0.4 is 5.32 Å². The molecule has 0 radical (unpaired) electrons. The molecule has 1 saturated carbocycles. The van der Waals surface area contributed by atoms with Gasteiger partial charge in [0.1, 0.15) is 5.82 Å². The quantitative estimate of drug-likeness (QED) is 0.564. The molecule has 2 aromatic rings. The summed E-state index contributed by atoms with van der Waals surface area (Å²) >= 11 is 1.38. The van der Waals surface area contributed by atoms with E-state index in [1.807, 2.05) is 13.8 Å². The maximum Gasteiger partial charge on any atom is 0.338 e. The largest absolute Gasteiger partial charge is 0.462 e. The lowest BCUT2D eigenvalue weighted by molar-refractivity contribution is -0.113. The van der Waals surface area contributed by atoms with Gasteiger partial charge < -0.3 is 14.6 Å². The first kappa shape index (κ1) is 18.4. The first-order chi connectivity index (χ1) is 12.6. The Bertz CT molecular complexity index is 784. The molecule has 1 aromatic heterocycles. The van der Waals surface area contributed by atoms with Crippen LogP contribution in [0.25, 0.3) is 0 Å². The first-order valence-electron chi connectivity index (χ1n) is 8.69. The van der Waals surface area contributed by atoms with Crippen LogP contribution in [-0.4, -0.2) is 39.0 Å². The molecule has 3 rings (SSSR count). The van der Waals surface area contributed by atoms with E-state index >= 15 is 0 Å². The number of aryl methyl sites for hydroxylation is 1. The topological polar surface area (TPSA) is 86.1 Å². The number of hydrogen-bond donors (Lipinski definition) is 1. The van der Waals surface area contributed by atoms with Crippen molar-refractivity contribution in [2.75, 3.05) is 17.7 Å². The number of anilines is 1. The van der Waals surface area contributed by atoms with E-state index in [4.69, 9.17) is 4.74 Å². The number of ether oxygens (including phenoxy) is 1. The molecule has 0 unspecified atom stereocenters. The van der Waals surface area contributed by atoms with Crippen LogP contribution in [0, 0.1) is 6.92 Å². The predicted molar refractivity (Wildman–Crippen MR) is 99.4 cm³/mol. The molecule has 1 aromatic carbocycles. The van der Waals surface area contributed by atoms with Crippen LogP contribution in [0.2, 0.25) is 0 Å². The van der Waals surface area contributed by atoms with Gasteiger partial charge >= 0.3 is 5.97 Å². The predicted octanol–water partition coefficient (Wildman–Crippen LogP) is 3.22. The number of carbonyl (C=O) groups is 2. The fourth-order valence-corrected chi connectivity index (χ4v) is 3.35. The number of nitrogens with one attached hydrogen (secondary N) is 1. The molecule has 0 saturated heterocycles. The van der Waals surface area contributed by atoms with Crippen LogP contribution in [0.4, 0.5) is 5.69 Å². The summed E-state index contributed by atoms with van der Waals surface area (Å²) in [5.41, 5.74) is 1.11. The fourth-order valence-electron chi connectivity index (χ4n) is 2.50. The van der Waals surface area contributed by atoms with E-state index in [1.165, 1.54) is 11.8 Å². The number of nitrogens with zero attached hydrogens (tertiary/aromatic N) is 3. The highest BCUT2D eigenvalue weighted by Gasteiger charge is 2.28. The molecular formula is C18H22N4O3S. The Morgan fingerprint density at radius 3 is 2.65 bits per heavy atom. The van der Waals surface area contributed by atoms with Crippen molar-refractivity contribution in [1.29, 1.82) is 0 Å². The van der Waals surface area contributed by atoms with Crippen molar-refractivity contribution in [3.63, 3.8) is 0 Å². The number of hydrogen-bond acceptors (Lipinski definition) is 6. The van der Waals surface area contributed by atoms with E-state index in [0.29, 0.717) is 23.9 Å². The van der Waals surface area contributed by atoms with E-state index in [1.54, 1.807) is 24.3 Å². The van der Waals surface area contributed by atoms with Gasteiger partial charge in [0.2, 0.25) is 5.91 Å².